The van der Waals surface area contributed by atoms with Gasteiger partial charge in [0.05, 0.1) is 11.2 Å². The van der Waals surface area contributed by atoms with Gasteiger partial charge in [-0.1, -0.05) is 19.1 Å². The molecule has 0 amide bonds. The maximum atomic E-state index is 6.06. The van der Waals surface area contributed by atoms with E-state index in [1.807, 2.05) is 0 Å². The Morgan fingerprint density at radius 2 is 1.53 bits per heavy atom. The molecular formula is C15H22BIO2. The van der Waals surface area contributed by atoms with E-state index in [1.165, 1.54) is 9.13 Å². The highest BCUT2D eigenvalue weighted by Gasteiger charge is 2.51. The molecule has 0 spiro atoms. The van der Waals surface area contributed by atoms with Gasteiger partial charge in [0.2, 0.25) is 0 Å². The van der Waals surface area contributed by atoms with E-state index < -0.39 is 0 Å². The smallest absolute Gasteiger partial charge is 0.403 e. The van der Waals surface area contributed by atoms with E-state index in [2.05, 4.69) is 81.5 Å². The minimum Gasteiger partial charge on any atom is -0.403 e. The van der Waals surface area contributed by atoms with Gasteiger partial charge in [-0.25, -0.2) is 0 Å². The summed E-state index contributed by atoms with van der Waals surface area (Å²) in [5, 5.41) is 0. The number of hydrogen-bond acceptors (Lipinski definition) is 2. The Morgan fingerprint density at radius 3 is 2.00 bits per heavy atom. The summed E-state index contributed by atoms with van der Waals surface area (Å²) in [6.45, 7) is 10.6. The van der Waals surface area contributed by atoms with Crippen molar-refractivity contribution in [2.45, 2.75) is 58.1 Å². The standard InChI is InChI=1S/C15H22BIO2/c1-11(12-6-8-13(17)9-7-12)10-16-18-14(2,3)15(4,5)19-16/h6-9,11H,10H2,1-5H3. The summed E-state index contributed by atoms with van der Waals surface area (Å²) in [6.07, 6.45) is 0.896. The second kappa shape index (κ2) is 5.37. The van der Waals surface area contributed by atoms with Crippen LogP contribution in [0.15, 0.2) is 24.3 Å². The molecule has 1 heterocycles. The highest BCUT2D eigenvalue weighted by molar-refractivity contribution is 14.1. The Hall–Kier alpha value is -0.0651. The van der Waals surface area contributed by atoms with Crippen LogP contribution in [0.5, 0.6) is 0 Å². The molecular weight excluding hydrogens is 350 g/mol. The lowest BCUT2D eigenvalue weighted by Crippen LogP contribution is -2.41. The van der Waals surface area contributed by atoms with Gasteiger partial charge in [0.25, 0.3) is 0 Å². The second-order valence-corrected chi connectivity index (χ2v) is 7.62. The summed E-state index contributed by atoms with van der Waals surface area (Å²) in [4.78, 5) is 0. The summed E-state index contributed by atoms with van der Waals surface area (Å²) in [5.41, 5.74) is 0.877. The fraction of sp³-hybridized carbons (Fsp3) is 0.600. The van der Waals surface area contributed by atoms with Crippen molar-refractivity contribution in [3.05, 3.63) is 33.4 Å². The predicted octanol–water partition coefficient (Wildman–Crippen LogP) is 4.49. The summed E-state index contributed by atoms with van der Waals surface area (Å²) in [7, 11) is -0.112. The van der Waals surface area contributed by atoms with Crippen LogP contribution in [0.25, 0.3) is 0 Å². The lowest BCUT2D eigenvalue weighted by Gasteiger charge is -2.32. The van der Waals surface area contributed by atoms with Crippen molar-refractivity contribution >= 4 is 29.7 Å². The van der Waals surface area contributed by atoms with Crippen molar-refractivity contribution in [1.29, 1.82) is 0 Å². The zero-order chi connectivity index (χ0) is 14.3. The van der Waals surface area contributed by atoms with Gasteiger partial charge in [0.1, 0.15) is 0 Å². The molecule has 0 aliphatic carbocycles. The van der Waals surface area contributed by atoms with Gasteiger partial charge >= 0.3 is 7.12 Å². The van der Waals surface area contributed by atoms with Gasteiger partial charge in [0, 0.05) is 3.57 Å². The third-order valence-electron chi connectivity index (χ3n) is 4.29. The van der Waals surface area contributed by atoms with Gasteiger partial charge in [-0.2, -0.15) is 0 Å². The molecule has 1 fully saturated rings. The molecule has 1 atom stereocenters. The average molecular weight is 372 g/mol. The Labute approximate surface area is 130 Å². The first-order valence-corrected chi connectivity index (χ1v) is 7.90. The highest BCUT2D eigenvalue weighted by Crippen LogP contribution is 2.39. The normalized spacial score (nSPS) is 22.5. The molecule has 1 saturated heterocycles. The Morgan fingerprint density at radius 1 is 1.05 bits per heavy atom. The fourth-order valence-electron chi connectivity index (χ4n) is 2.28. The maximum absolute atomic E-state index is 6.06. The van der Waals surface area contributed by atoms with Crippen LogP contribution >= 0.6 is 22.6 Å². The molecule has 1 aromatic rings. The molecule has 4 heteroatoms. The van der Waals surface area contributed by atoms with E-state index in [-0.39, 0.29) is 18.3 Å². The third-order valence-corrected chi connectivity index (χ3v) is 5.01. The van der Waals surface area contributed by atoms with E-state index >= 15 is 0 Å². The molecule has 0 radical (unpaired) electrons. The molecule has 0 saturated carbocycles. The highest BCUT2D eigenvalue weighted by atomic mass is 127. The van der Waals surface area contributed by atoms with Crippen LogP contribution in [0.3, 0.4) is 0 Å². The molecule has 19 heavy (non-hydrogen) atoms. The molecule has 104 valence electrons. The predicted molar refractivity (Wildman–Crippen MR) is 88.5 cm³/mol. The largest absolute Gasteiger partial charge is 0.458 e. The van der Waals surface area contributed by atoms with Gasteiger partial charge in [-0.15, -0.1) is 0 Å². The van der Waals surface area contributed by atoms with Crippen LogP contribution in [-0.2, 0) is 9.31 Å². The average Bonchev–Trinajstić information content (AvgIpc) is 2.47. The molecule has 0 aromatic heterocycles. The second-order valence-electron chi connectivity index (χ2n) is 6.37. The number of rotatable bonds is 3. The lowest BCUT2D eigenvalue weighted by molar-refractivity contribution is 0.00578. The molecule has 2 nitrogen and oxygen atoms in total. The van der Waals surface area contributed by atoms with E-state index in [0.717, 1.165) is 6.32 Å². The molecule has 1 aliphatic heterocycles. The summed E-state index contributed by atoms with van der Waals surface area (Å²) in [6, 6.07) is 8.68. The topological polar surface area (TPSA) is 18.5 Å². The van der Waals surface area contributed by atoms with Crippen molar-refractivity contribution < 1.29 is 9.31 Å². The molecule has 0 bridgehead atoms. The summed E-state index contributed by atoms with van der Waals surface area (Å²) < 4.78 is 13.4. The van der Waals surface area contributed by atoms with Crippen molar-refractivity contribution in [1.82, 2.24) is 0 Å². The summed E-state index contributed by atoms with van der Waals surface area (Å²) >= 11 is 2.33. The van der Waals surface area contributed by atoms with E-state index in [1.54, 1.807) is 0 Å². The quantitative estimate of drug-likeness (QED) is 0.575. The fourth-order valence-corrected chi connectivity index (χ4v) is 2.64. The lowest BCUT2D eigenvalue weighted by atomic mass is 9.75. The molecule has 2 rings (SSSR count). The Kier molecular flexibility index (Phi) is 4.34. The van der Waals surface area contributed by atoms with Crippen LogP contribution in [0.4, 0.5) is 0 Å². The van der Waals surface area contributed by atoms with Gasteiger partial charge in [-0.3, -0.25) is 0 Å². The van der Waals surface area contributed by atoms with Crippen LogP contribution in [0.1, 0.15) is 46.1 Å². The Balaban J connectivity index is 2.01. The minimum absolute atomic E-state index is 0.112. The SMILES string of the molecule is CC(CB1OC(C)(C)C(C)(C)O1)c1ccc(I)cc1. The third kappa shape index (κ3) is 3.34. The number of halogens is 1. The first-order valence-electron chi connectivity index (χ1n) is 6.82. The molecule has 1 aromatic carbocycles. The van der Waals surface area contributed by atoms with Crippen molar-refractivity contribution in [2.75, 3.05) is 0 Å². The Bertz CT molecular complexity index is 426. The molecule has 1 aliphatic rings. The monoisotopic (exact) mass is 372 g/mol. The van der Waals surface area contributed by atoms with E-state index in [9.17, 15) is 0 Å². The van der Waals surface area contributed by atoms with Crippen molar-refractivity contribution in [3.63, 3.8) is 0 Å². The molecule has 1 unspecified atom stereocenters. The van der Waals surface area contributed by atoms with Crippen LogP contribution < -0.4 is 0 Å². The summed E-state index contributed by atoms with van der Waals surface area (Å²) in [5.74, 6) is 0.437. The van der Waals surface area contributed by atoms with Gasteiger partial charge < -0.3 is 9.31 Å². The van der Waals surface area contributed by atoms with Crippen LogP contribution in [0, 0.1) is 3.57 Å². The number of hydrogen-bond donors (Lipinski definition) is 0. The van der Waals surface area contributed by atoms with Gasteiger partial charge in [0.15, 0.2) is 0 Å². The van der Waals surface area contributed by atoms with Crippen LogP contribution in [0.2, 0.25) is 6.32 Å². The van der Waals surface area contributed by atoms with Crippen molar-refractivity contribution in [3.8, 4) is 0 Å². The minimum atomic E-state index is -0.233. The zero-order valence-corrected chi connectivity index (χ0v) is 14.5. The van der Waals surface area contributed by atoms with Crippen molar-refractivity contribution in [2.24, 2.45) is 0 Å². The number of benzene rings is 1. The maximum Gasteiger partial charge on any atom is 0.458 e. The van der Waals surface area contributed by atoms with E-state index in [0.29, 0.717) is 5.92 Å². The van der Waals surface area contributed by atoms with Crippen LogP contribution in [-0.4, -0.2) is 18.3 Å². The van der Waals surface area contributed by atoms with E-state index in [4.69, 9.17) is 9.31 Å². The first-order chi connectivity index (χ1) is 8.71. The van der Waals surface area contributed by atoms with Gasteiger partial charge in [-0.05, 0) is 80.2 Å². The first kappa shape index (κ1) is 15.3. The zero-order valence-electron chi connectivity index (χ0n) is 12.4. The molecule has 0 N–H and O–H groups in total.